The number of hydrogen-bond acceptors (Lipinski definition) is 19. The van der Waals surface area contributed by atoms with Gasteiger partial charge in [0, 0.05) is 60.9 Å². The van der Waals surface area contributed by atoms with Crippen LogP contribution in [0.4, 0.5) is 34.1 Å². The van der Waals surface area contributed by atoms with Crippen LogP contribution in [-0.2, 0) is 29.7 Å². The second-order valence-corrected chi connectivity index (χ2v) is 19.9. The highest BCUT2D eigenvalue weighted by atomic mass is 32.2. The summed E-state index contributed by atoms with van der Waals surface area (Å²) < 4.78 is 78.0. The molecular formula is C50H62N10O11S2. The molecule has 0 spiro atoms. The predicted molar refractivity (Wildman–Crippen MR) is 280 cm³/mol. The number of aliphatic imine (C=N–C) groups is 1. The van der Waals surface area contributed by atoms with Crippen LogP contribution in [0.5, 0.6) is 5.75 Å². The summed E-state index contributed by atoms with van der Waals surface area (Å²) in [5.41, 5.74) is 15.7. The molecule has 21 nitrogen and oxygen atoms in total. The van der Waals surface area contributed by atoms with Crippen LogP contribution in [0.3, 0.4) is 0 Å². The second-order valence-electron chi connectivity index (χ2n) is 17.1. The number of phenolic OH excluding ortho intramolecular Hbond substituents is 1. The van der Waals surface area contributed by atoms with Crippen molar-refractivity contribution < 1.29 is 50.7 Å². The van der Waals surface area contributed by atoms with E-state index in [2.05, 4.69) is 67.0 Å². The number of fused-ring (bicyclic) bond motifs is 1. The van der Waals surface area contributed by atoms with E-state index in [0.29, 0.717) is 48.9 Å². The third-order valence-corrected chi connectivity index (χ3v) is 13.2. The number of phenols is 1. The number of azo groups is 2. The SMILES string of the molecule is C=Nc1ccc(N=N)cc1.CC.CC1(C)C=CC(O)=CC(N2CCOCC2)=C1.Cc1c(N=Nc2ccc(N=NC3CC=C(O)C=C(N4CCOCC4)C3)cc2)c(S(=O)(=O)O)cc2cc(S(=O)(=O)O)c(N)c(O)c12. The van der Waals surface area contributed by atoms with E-state index >= 15 is 0 Å². The first-order chi connectivity index (χ1) is 34.6. The van der Waals surface area contributed by atoms with Gasteiger partial charge in [0.2, 0.25) is 0 Å². The molecule has 4 aliphatic rings. The molecule has 1 atom stereocenters. The highest BCUT2D eigenvalue weighted by Gasteiger charge is 2.27. The van der Waals surface area contributed by atoms with Crippen LogP contribution in [0.15, 0.2) is 160 Å². The number of benzene rings is 4. The van der Waals surface area contributed by atoms with E-state index in [1.807, 2.05) is 26.0 Å². The highest BCUT2D eigenvalue weighted by Crippen LogP contribution is 2.44. The molecule has 1 unspecified atom stereocenters. The average Bonchev–Trinajstić information content (AvgIpc) is 3.66. The number of rotatable bonds is 10. The number of ether oxygens (including phenoxy) is 2. The van der Waals surface area contributed by atoms with Crippen molar-refractivity contribution in [1.82, 2.24) is 9.80 Å². The van der Waals surface area contributed by atoms with Crippen molar-refractivity contribution in [2.24, 2.45) is 36.0 Å². The summed E-state index contributed by atoms with van der Waals surface area (Å²) in [7, 11) is -9.77. The van der Waals surface area contributed by atoms with Gasteiger partial charge in [-0.1, -0.05) is 39.8 Å². The van der Waals surface area contributed by atoms with Crippen LogP contribution in [0, 0.1) is 17.9 Å². The Morgan fingerprint density at radius 1 is 0.753 bits per heavy atom. The maximum Gasteiger partial charge on any atom is 0.296 e. The number of aromatic hydroxyl groups is 1. The minimum absolute atomic E-state index is 0.0192. The van der Waals surface area contributed by atoms with Crippen LogP contribution in [0.25, 0.3) is 10.8 Å². The standard InChI is InChI=1S/C28H30N6O9S2.C13H19NO2.C7H7N3.C2H6/c1-16-25-17(12-23(44(37,38)39)26(29)28(25)36)13-24(45(40,41)42)27(16)33-31-19-4-2-18(3-5-19)30-32-20-6-7-22(35)15-21(14-20)34-8-10-43-11-9-34;1-13(2)4-3-12(15)9-11(10-13)14-5-7-16-8-6-14;1-9-6-2-4-7(10-8)5-3-6;1-2/h2-5,7,12-13,15,20,35-36H,6,8-11,14,29H2,1H3,(H,37,38,39)(H,40,41,42);3-4,9-10,15H,5-8H2,1-2H3;2-5,8H,1H2;1-2H3. The van der Waals surface area contributed by atoms with Crippen molar-refractivity contribution in [2.45, 2.75) is 63.3 Å². The van der Waals surface area contributed by atoms with Crippen molar-refractivity contribution >= 4 is 71.9 Å². The fraction of sp³-hybridized carbons (Fsp3) is 0.340. The molecule has 2 aliphatic heterocycles. The summed E-state index contributed by atoms with van der Waals surface area (Å²) in [4.78, 5) is 6.58. The molecule has 4 aromatic rings. The Labute approximate surface area is 425 Å². The molecule has 2 aliphatic carbocycles. The van der Waals surface area contributed by atoms with Gasteiger partial charge in [-0.05, 0) is 110 Å². The quantitative estimate of drug-likeness (QED) is 0.0255. The molecular weight excluding hydrogens is 981 g/mol. The van der Waals surface area contributed by atoms with Crippen molar-refractivity contribution in [2.75, 3.05) is 58.3 Å². The number of nitrogens with two attached hydrogens (primary N) is 1. The number of nitrogen functional groups attached to an aromatic ring is 1. The number of aliphatic hydroxyl groups excluding tert-OH is 2. The first-order valence-corrected chi connectivity index (χ1v) is 26.0. The van der Waals surface area contributed by atoms with Crippen molar-refractivity contribution in [1.29, 1.82) is 5.53 Å². The minimum Gasteiger partial charge on any atom is -0.508 e. The molecule has 8 rings (SSSR count). The fourth-order valence-corrected chi connectivity index (χ4v) is 9.08. The number of aryl methyl sites for hydroxylation is 1. The molecule has 8 N–H and O–H groups in total. The first kappa shape index (κ1) is 56.8. The molecule has 2 saturated heterocycles. The number of nitrogens with one attached hydrogen (secondary N) is 1. The van der Waals surface area contributed by atoms with E-state index in [1.165, 1.54) is 6.92 Å². The Kier molecular flexibility index (Phi) is 19.8. The van der Waals surface area contributed by atoms with Gasteiger partial charge in [0.1, 0.15) is 32.7 Å². The normalized spacial score (nSPS) is 18.0. The molecule has 23 heteroatoms. The maximum atomic E-state index is 12.2. The zero-order valence-electron chi connectivity index (χ0n) is 41.3. The largest absolute Gasteiger partial charge is 0.508 e. The number of aliphatic hydroxyl groups is 2. The Morgan fingerprint density at radius 2 is 1.29 bits per heavy atom. The topological polar surface area (TPSA) is 318 Å². The molecule has 4 aromatic carbocycles. The zero-order valence-corrected chi connectivity index (χ0v) is 42.9. The van der Waals surface area contributed by atoms with E-state index in [9.17, 15) is 41.3 Å². The predicted octanol–water partition coefficient (Wildman–Crippen LogP) is 11.2. The van der Waals surface area contributed by atoms with Crippen molar-refractivity contribution in [3.05, 3.63) is 126 Å². The summed E-state index contributed by atoms with van der Waals surface area (Å²) in [6, 6.07) is 14.9. The third kappa shape index (κ3) is 15.9. The molecule has 2 heterocycles. The first-order valence-electron chi connectivity index (χ1n) is 23.1. The molecule has 0 aromatic heterocycles. The lowest BCUT2D eigenvalue weighted by Crippen LogP contribution is -2.36. The molecule has 0 bridgehead atoms. The van der Waals surface area contributed by atoms with Crippen LogP contribution in [0.2, 0.25) is 0 Å². The Hall–Kier alpha value is -7.15. The van der Waals surface area contributed by atoms with Crippen LogP contribution >= 0.6 is 0 Å². The Morgan fingerprint density at radius 3 is 1.85 bits per heavy atom. The molecule has 0 radical (unpaired) electrons. The van der Waals surface area contributed by atoms with Gasteiger partial charge in [-0.2, -0.15) is 37.3 Å². The monoisotopic (exact) mass is 1040 g/mol. The van der Waals surface area contributed by atoms with Gasteiger partial charge in [-0.3, -0.25) is 14.1 Å². The highest BCUT2D eigenvalue weighted by molar-refractivity contribution is 7.86. The van der Waals surface area contributed by atoms with Gasteiger partial charge in [0.25, 0.3) is 20.2 Å². The zero-order chi connectivity index (χ0) is 53.5. The number of allylic oxidation sites excluding steroid dienone is 5. The van der Waals surface area contributed by atoms with Gasteiger partial charge in [-0.15, -0.1) is 5.11 Å². The van der Waals surface area contributed by atoms with E-state index < -0.39 is 41.5 Å². The summed E-state index contributed by atoms with van der Waals surface area (Å²) in [6.07, 6.45) is 12.4. The van der Waals surface area contributed by atoms with E-state index in [-0.39, 0.29) is 39.2 Å². The summed E-state index contributed by atoms with van der Waals surface area (Å²) in [5, 5.41) is 50.5. The van der Waals surface area contributed by atoms with Gasteiger partial charge in [-0.25, -0.2) is 5.53 Å². The molecule has 73 heavy (non-hydrogen) atoms. The number of morpholine rings is 2. The van der Waals surface area contributed by atoms with Gasteiger partial charge in [0.05, 0.1) is 60.9 Å². The average molecular weight is 1040 g/mol. The minimum atomic E-state index is -4.90. The second kappa shape index (κ2) is 25.5. The smallest absolute Gasteiger partial charge is 0.296 e. The maximum absolute atomic E-state index is 12.2. The lowest BCUT2D eigenvalue weighted by Gasteiger charge is -2.31. The molecule has 390 valence electrons. The summed E-state index contributed by atoms with van der Waals surface area (Å²) >= 11 is 0. The third-order valence-electron chi connectivity index (χ3n) is 11.4. The van der Waals surface area contributed by atoms with E-state index in [1.54, 1.807) is 66.8 Å². The Bertz CT molecular complexity index is 3040. The molecule has 0 saturated carbocycles. The van der Waals surface area contributed by atoms with E-state index in [0.717, 1.165) is 68.6 Å². The fourth-order valence-electron chi connectivity index (χ4n) is 7.71. The van der Waals surface area contributed by atoms with Crippen LogP contribution < -0.4 is 5.73 Å². The lowest BCUT2D eigenvalue weighted by molar-refractivity contribution is 0.0515. The van der Waals surface area contributed by atoms with Gasteiger partial charge in [0.15, 0.2) is 0 Å². The lowest BCUT2D eigenvalue weighted by atomic mass is 9.92. The van der Waals surface area contributed by atoms with Gasteiger partial charge >= 0.3 is 0 Å². The summed E-state index contributed by atoms with van der Waals surface area (Å²) in [6.45, 7) is 19.0. The number of anilines is 1. The van der Waals surface area contributed by atoms with E-state index in [4.69, 9.17) is 20.7 Å². The number of nitrogens with zero attached hydrogens (tertiary/aromatic N) is 8. The van der Waals surface area contributed by atoms with Crippen molar-refractivity contribution in [3.63, 3.8) is 0 Å². The van der Waals surface area contributed by atoms with Crippen molar-refractivity contribution in [3.8, 4) is 5.75 Å². The van der Waals surface area contributed by atoms with Crippen LogP contribution in [-0.4, -0.2) is 116 Å². The Balaban J connectivity index is 0.000000285. The molecule has 0 amide bonds. The summed E-state index contributed by atoms with van der Waals surface area (Å²) in [5.74, 6) is -0.217. The number of hydrogen-bond donors (Lipinski definition) is 7. The molecule has 2 fully saturated rings. The van der Waals surface area contributed by atoms with Crippen LogP contribution in [0.1, 0.15) is 46.1 Å². The van der Waals surface area contributed by atoms with Gasteiger partial charge < -0.3 is 40.3 Å².